The normalized spacial score (nSPS) is 11.8. The van der Waals surface area contributed by atoms with Crippen molar-refractivity contribution in [1.29, 1.82) is 0 Å². The van der Waals surface area contributed by atoms with Crippen molar-refractivity contribution in [2.75, 3.05) is 17.1 Å². The van der Waals surface area contributed by atoms with Crippen LogP contribution < -0.4 is 14.8 Å². The predicted octanol–water partition coefficient (Wildman–Crippen LogP) is 2.78. The zero-order chi connectivity index (χ0) is 24.0. The van der Waals surface area contributed by atoms with Crippen molar-refractivity contribution < 1.29 is 27.5 Å². The molecule has 0 aliphatic rings. The van der Waals surface area contributed by atoms with Crippen molar-refractivity contribution >= 4 is 33.5 Å². The van der Waals surface area contributed by atoms with Crippen molar-refractivity contribution in [1.82, 2.24) is 9.97 Å². The van der Waals surface area contributed by atoms with Gasteiger partial charge in [-0.3, -0.25) is 4.79 Å². The topological polar surface area (TPSA) is 137 Å². The van der Waals surface area contributed by atoms with Crippen LogP contribution in [0.3, 0.4) is 0 Å². The number of benzene rings is 2. The Morgan fingerprint density at radius 2 is 1.70 bits per heavy atom. The molecule has 10 nitrogen and oxygen atoms in total. The second-order valence-electron chi connectivity index (χ2n) is 6.92. The van der Waals surface area contributed by atoms with Gasteiger partial charge < -0.3 is 14.8 Å². The van der Waals surface area contributed by atoms with Gasteiger partial charge in [0.05, 0.1) is 17.6 Å². The molecule has 2 aromatic carbocycles. The first kappa shape index (κ1) is 23.7. The van der Waals surface area contributed by atoms with Crippen LogP contribution in [0, 0.1) is 6.92 Å². The molecule has 11 heteroatoms. The molecule has 0 bridgehead atoms. The Balaban J connectivity index is 1.61. The van der Waals surface area contributed by atoms with E-state index in [9.17, 15) is 18.0 Å². The third-order valence-electron chi connectivity index (χ3n) is 4.52. The highest BCUT2D eigenvalue weighted by Crippen LogP contribution is 2.20. The summed E-state index contributed by atoms with van der Waals surface area (Å²) in [5.74, 6) is -0.776. The molecule has 2 N–H and O–H groups in total. The summed E-state index contributed by atoms with van der Waals surface area (Å²) >= 11 is 0. The lowest BCUT2D eigenvalue weighted by molar-refractivity contribution is -0.123. The Morgan fingerprint density at radius 1 is 1.03 bits per heavy atom. The molecule has 33 heavy (non-hydrogen) atoms. The number of hydrogen-bond donors (Lipinski definition) is 2. The van der Waals surface area contributed by atoms with Crippen LogP contribution in [-0.2, 0) is 19.6 Å². The zero-order valence-electron chi connectivity index (χ0n) is 18.1. The summed E-state index contributed by atoms with van der Waals surface area (Å²) in [6.45, 7) is 3.27. The minimum absolute atomic E-state index is 0.0410. The van der Waals surface area contributed by atoms with Crippen molar-refractivity contribution in [3.63, 3.8) is 0 Å². The maximum Gasteiger partial charge on any atom is 0.339 e. The summed E-state index contributed by atoms with van der Waals surface area (Å²) in [5.41, 5.74) is 1.44. The Bertz CT molecular complexity index is 1250. The number of methoxy groups -OCH3 is 1. The lowest BCUT2D eigenvalue weighted by Gasteiger charge is -2.14. The number of nitrogens with one attached hydrogen (secondary N) is 2. The number of aromatic nitrogens is 2. The number of carbonyl (C=O) groups excluding carboxylic acids is 2. The molecule has 1 heterocycles. The van der Waals surface area contributed by atoms with Crippen LogP contribution in [0.25, 0.3) is 0 Å². The number of ether oxygens (including phenoxy) is 2. The van der Waals surface area contributed by atoms with Gasteiger partial charge in [0.25, 0.3) is 15.9 Å². The maximum absolute atomic E-state index is 12.4. The van der Waals surface area contributed by atoms with E-state index in [-0.39, 0.29) is 16.4 Å². The zero-order valence-corrected chi connectivity index (χ0v) is 18.9. The number of amides is 1. The minimum Gasteiger partial charge on any atom is -0.496 e. The Hall–Kier alpha value is -3.99. The minimum atomic E-state index is -3.90. The van der Waals surface area contributed by atoms with Crippen molar-refractivity contribution in [2.24, 2.45) is 0 Å². The van der Waals surface area contributed by atoms with Gasteiger partial charge in [0.15, 0.2) is 6.10 Å². The molecule has 0 unspecified atom stereocenters. The van der Waals surface area contributed by atoms with Crippen LogP contribution in [0.5, 0.6) is 5.75 Å². The first-order valence-electron chi connectivity index (χ1n) is 9.76. The van der Waals surface area contributed by atoms with E-state index in [1.54, 1.807) is 18.2 Å². The van der Waals surface area contributed by atoms with Crippen LogP contribution >= 0.6 is 0 Å². The quantitative estimate of drug-likeness (QED) is 0.480. The highest BCUT2D eigenvalue weighted by atomic mass is 32.2. The molecule has 1 atom stereocenters. The van der Waals surface area contributed by atoms with Gasteiger partial charge in [0.2, 0.25) is 5.95 Å². The second kappa shape index (κ2) is 10.1. The maximum atomic E-state index is 12.4. The summed E-state index contributed by atoms with van der Waals surface area (Å²) in [6, 6.07) is 11.9. The van der Waals surface area contributed by atoms with E-state index in [1.165, 1.54) is 56.8 Å². The van der Waals surface area contributed by atoms with Crippen LogP contribution in [-0.4, -0.2) is 43.5 Å². The fraction of sp³-hybridized carbons (Fsp3) is 0.182. The van der Waals surface area contributed by atoms with E-state index in [0.717, 1.165) is 5.56 Å². The Morgan fingerprint density at radius 3 is 2.33 bits per heavy atom. The van der Waals surface area contributed by atoms with E-state index in [2.05, 4.69) is 20.0 Å². The van der Waals surface area contributed by atoms with Crippen LogP contribution in [0.2, 0.25) is 0 Å². The van der Waals surface area contributed by atoms with Gasteiger partial charge in [0.1, 0.15) is 5.75 Å². The van der Waals surface area contributed by atoms with Gasteiger partial charge in [-0.05, 0) is 61.9 Å². The highest BCUT2D eigenvalue weighted by molar-refractivity contribution is 7.92. The molecule has 0 aliphatic heterocycles. The summed E-state index contributed by atoms with van der Waals surface area (Å²) in [5, 5.41) is 2.58. The summed E-state index contributed by atoms with van der Waals surface area (Å²) in [7, 11) is -2.40. The van der Waals surface area contributed by atoms with E-state index < -0.39 is 28.0 Å². The van der Waals surface area contributed by atoms with Gasteiger partial charge in [0, 0.05) is 18.1 Å². The third-order valence-corrected chi connectivity index (χ3v) is 5.86. The molecule has 3 rings (SSSR count). The largest absolute Gasteiger partial charge is 0.496 e. The fourth-order valence-corrected chi connectivity index (χ4v) is 3.68. The molecule has 3 aromatic rings. The summed E-state index contributed by atoms with van der Waals surface area (Å²) in [4.78, 5) is 32.4. The molecule has 0 spiro atoms. The standard InChI is InChI=1S/C22H22N4O6S/c1-14-5-6-16(13-19(14)31-3)21(28)32-15(2)20(27)25-17-7-9-18(10-8-17)33(29,30)26-22-23-11-4-12-24-22/h4-13,15H,1-3H3,(H,25,27)(H,23,24,26)/t15-/m0/s1. The molecular weight excluding hydrogens is 448 g/mol. The average Bonchev–Trinajstić information content (AvgIpc) is 2.80. The molecule has 0 saturated heterocycles. The molecule has 0 aliphatic carbocycles. The van der Waals surface area contributed by atoms with Crippen molar-refractivity contribution in [3.8, 4) is 5.75 Å². The smallest absolute Gasteiger partial charge is 0.339 e. The van der Waals surface area contributed by atoms with E-state index >= 15 is 0 Å². The van der Waals surface area contributed by atoms with Gasteiger partial charge in [-0.25, -0.2) is 27.9 Å². The van der Waals surface area contributed by atoms with Crippen LogP contribution in [0.1, 0.15) is 22.8 Å². The lowest BCUT2D eigenvalue weighted by Crippen LogP contribution is -2.30. The molecular formula is C22H22N4O6S. The first-order valence-corrected chi connectivity index (χ1v) is 11.2. The highest BCUT2D eigenvalue weighted by Gasteiger charge is 2.21. The number of carbonyl (C=O) groups is 2. The van der Waals surface area contributed by atoms with Gasteiger partial charge >= 0.3 is 5.97 Å². The van der Waals surface area contributed by atoms with Crippen LogP contribution in [0.4, 0.5) is 11.6 Å². The van der Waals surface area contributed by atoms with Crippen molar-refractivity contribution in [2.45, 2.75) is 24.8 Å². The number of nitrogens with zero attached hydrogens (tertiary/aromatic N) is 2. The molecule has 0 saturated carbocycles. The summed E-state index contributed by atoms with van der Waals surface area (Å²) < 4.78 is 37.5. The van der Waals surface area contributed by atoms with E-state index in [0.29, 0.717) is 11.4 Å². The fourth-order valence-electron chi connectivity index (χ4n) is 2.72. The second-order valence-corrected chi connectivity index (χ2v) is 8.61. The molecule has 1 aromatic heterocycles. The first-order chi connectivity index (χ1) is 15.7. The molecule has 172 valence electrons. The Kier molecular flexibility index (Phi) is 7.23. The summed E-state index contributed by atoms with van der Waals surface area (Å²) in [6.07, 6.45) is 1.73. The average molecular weight is 471 g/mol. The van der Waals surface area contributed by atoms with Crippen molar-refractivity contribution in [3.05, 3.63) is 72.1 Å². The van der Waals surface area contributed by atoms with Gasteiger partial charge in [-0.1, -0.05) is 6.07 Å². The monoisotopic (exact) mass is 470 g/mol. The van der Waals surface area contributed by atoms with Crippen LogP contribution in [0.15, 0.2) is 65.8 Å². The van der Waals surface area contributed by atoms with Gasteiger partial charge in [-0.2, -0.15) is 0 Å². The number of rotatable bonds is 8. The number of anilines is 2. The molecule has 1 amide bonds. The number of hydrogen-bond acceptors (Lipinski definition) is 8. The lowest BCUT2D eigenvalue weighted by atomic mass is 10.1. The molecule has 0 fully saturated rings. The Labute approximate surface area is 191 Å². The third kappa shape index (κ3) is 6.04. The number of aryl methyl sites for hydroxylation is 1. The number of esters is 1. The van der Waals surface area contributed by atoms with E-state index in [4.69, 9.17) is 9.47 Å². The van der Waals surface area contributed by atoms with Gasteiger partial charge in [-0.15, -0.1) is 0 Å². The predicted molar refractivity (Wildman–Crippen MR) is 121 cm³/mol. The number of sulfonamides is 1. The molecule has 0 radical (unpaired) electrons. The van der Waals surface area contributed by atoms with E-state index in [1.807, 2.05) is 6.92 Å². The SMILES string of the molecule is COc1cc(C(=O)O[C@@H](C)C(=O)Nc2ccc(S(=O)(=O)Nc3ncccn3)cc2)ccc1C.